The van der Waals surface area contributed by atoms with Gasteiger partial charge in [-0.3, -0.25) is 4.79 Å². The van der Waals surface area contributed by atoms with Crippen molar-refractivity contribution < 1.29 is 4.79 Å². The lowest BCUT2D eigenvalue weighted by atomic mass is 10.2. The van der Waals surface area contributed by atoms with Crippen molar-refractivity contribution in [2.75, 3.05) is 23.7 Å². The molecule has 0 atom stereocenters. The lowest BCUT2D eigenvalue weighted by Crippen LogP contribution is -2.16. The molecule has 1 aromatic carbocycles. The normalized spacial score (nSPS) is 10.1. The third-order valence-corrected chi connectivity index (χ3v) is 2.79. The maximum absolute atomic E-state index is 10.8. The highest BCUT2D eigenvalue weighted by Gasteiger charge is 2.06. The molecule has 0 bridgehead atoms. The van der Waals surface area contributed by atoms with Gasteiger partial charge in [0, 0.05) is 31.1 Å². The van der Waals surface area contributed by atoms with Gasteiger partial charge in [0.1, 0.15) is 11.6 Å². The number of carbonyl (C=O) groups is 1. The number of hydrogen-bond acceptors (Lipinski definition) is 5. The molecular formula is C15H19N5O. The molecule has 2 aromatic rings. The zero-order valence-electron chi connectivity index (χ0n) is 12.0. The van der Waals surface area contributed by atoms with E-state index in [0.29, 0.717) is 18.2 Å². The van der Waals surface area contributed by atoms with E-state index in [-0.39, 0.29) is 12.3 Å². The van der Waals surface area contributed by atoms with Gasteiger partial charge in [-0.15, -0.1) is 0 Å². The first-order chi connectivity index (χ1) is 10.2. The minimum atomic E-state index is -0.341. The van der Waals surface area contributed by atoms with Crippen molar-refractivity contribution >= 4 is 17.5 Å². The smallest absolute Gasteiger partial charge is 0.219 e. The Kier molecular flexibility index (Phi) is 5.09. The van der Waals surface area contributed by atoms with Crippen molar-refractivity contribution in [1.82, 2.24) is 9.97 Å². The van der Waals surface area contributed by atoms with E-state index in [1.165, 1.54) is 0 Å². The monoisotopic (exact) mass is 285 g/mol. The van der Waals surface area contributed by atoms with E-state index in [9.17, 15) is 4.79 Å². The lowest BCUT2D eigenvalue weighted by Gasteiger charge is -2.10. The number of nitrogens with two attached hydrogens (primary N) is 1. The second-order valence-corrected chi connectivity index (χ2v) is 4.50. The highest BCUT2D eigenvalue weighted by atomic mass is 16.1. The van der Waals surface area contributed by atoms with Crippen molar-refractivity contribution in [3.05, 3.63) is 36.4 Å². The van der Waals surface area contributed by atoms with Gasteiger partial charge in [0.15, 0.2) is 5.82 Å². The highest BCUT2D eigenvalue weighted by Crippen LogP contribution is 2.19. The minimum Gasteiger partial charge on any atom is -0.370 e. The Hall–Kier alpha value is -2.63. The van der Waals surface area contributed by atoms with Crippen LogP contribution in [-0.4, -0.2) is 29.0 Å². The Bertz CT molecular complexity index is 600. The summed E-state index contributed by atoms with van der Waals surface area (Å²) >= 11 is 0. The number of hydrogen-bond donors (Lipinski definition) is 3. The molecule has 1 amide bonds. The molecule has 0 aliphatic carbocycles. The number of nitrogens with one attached hydrogen (secondary N) is 2. The minimum absolute atomic E-state index is 0.265. The van der Waals surface area contributed by atoms with Gasteiger partial charge in [-0.25, -0.2) is 9.97 Å². The van der Waals surface area contributed by atoms with Gasteiger partial charge in [-0.1, -0.05) is 30.3 Å². The van der Waals surface area contributed by atoms with Crippen LogP contribution in [0.2, 0.25) is 0 Å². The number of aromatic nitrogens is 2. The summed E-state index contributed by atoms with van der Waals surface area (Å²) in [6.07, 6.45) is 0.265. The van der Waals surface area contributed by atoms with Gasteiger partial charge >= 0.3 is 0 Å². The van der Waals surface area contributed by atoms with E-state index in [1.54, 1.807) is 0 Å². The molecule has 0 aliphatic heterocycles. The summed E-state index contributed by atoms with van der Waals surface area (Å²) in [5.74, 6) is 1.70. The van der Waals surface area contributed by atoms with E-state index in [2.05, 4.69) is 20.6 Å². The van der Waals surface area contributed by atoms with Gasteiger partial charge in [0.05, 0.1) is 0 Å². The van der Waals surface area contributed by atoms with Crippen molar-refractivity contribution in [1.29, 1.82) is 0 Å². The van der Waals surface area contributed by atoms with Crippen LogP contribution in [0.3, 0.4) is 0 Å². The molecule has 0 aliphatic rings. The van der Waals surface area contributed by atoms with Gasteiger partial charge in [-0.2, -0.15) is 0 Å². The third-order valence-electron chi connectivity index (χ3n) is 2.79. The fourth-order valence-corrected chi connectivity index (χ4v) is 1.84. The molecule has 0 unspecified atom stereocenters. The number of benzene rings is 1. The first-order valence-corrected chi connectivity index (χ1v) is 6.89. The molecule has 0 saturated heterocycles. The molecule has 2 rings (SSSR count). The summed E-state index contributed by atoms with van der Waals surface area (Å²) in [5, 5.41) is 6.27. The number of anilines is 2. The second-order valence-electron chi connectivity index (χ2n) is 4.50. The molecule has 21 heavy (non-hydrogen) atoms. The van der Waals surface area contributed by atoms with E-state index >= 15 is 0 Å². The van der Waals surface area contributed by atoms with E-state index in [1.807, 2.05) is 43.3 Å². The topological polar surface area (TPSA) is 92.9 Å². The van der Waals surface area contributed by atoms with Crippen molar-refractivity contribution in [3.63, 3.8) is 0 Å². The first-order valence-electron chi connectivity index (χ1n) is 6.89. The highest BCUT2D eigenvalue weighted by molar-refractivity contribution is 5.74. The number of carbonyl (C=O) groups excluding carboxylic acids is 1. The second kappa shape index (κ2) is 7.23. The van der Waals surface area contributed by atoms with Gasteiger partial charge in [0.25, 0.3) is 0 Å². The zero-order valence-corrected chi connectivity index (χ0v) is 12.0. The Labute approximate surface area is 123 Å². The summed E-state index contributed by atoms with van der Waals surface area (Å²) in [6, 6.07) is 11.6. The zero-order chi connectivity index (χ0) is 15.1. The van der Waals surface area contributed by atoms with Crippen molar-refractivity contribution in [2.45, 2.75) is 13.3 Å². The molecule has 1 heterocycles. The predicted octanol–water partition coefficient (Wildman–Crippen LogP) is 1.86. The molecule has 0 radical (unpaired) electrons. The number of rotatable bonds is 7. The van der Waals surface area contributed by atoms with Crippen LogP contribution in [0.1, 0.15) is 13.3 Å². The molecule has 4 N–H and O–H groups in total. The van der Waals surface area contributed by atoms with Crippen LogP contribution in [0.5, 0.6) is 0 Å². The molecular weight excluding hydrogens is 266 g/mol. The first kappa shape index (κ1) is 14.8. The molecule has 6 nitrogen and oxygen atoms in total. The molecule has 0 fully saturated rings. The van der Waals surface area contributed by atoms with Gasteiger partial charge in [0.2, 0.25) is 5.91 Å². The summed E-state index contributed by atoms with van der Waals surface area (Å²) in [7, 11) is 0. The summed E-state index contributed by atoms with van der Waals surface area (Å²) in [4.78, 5) is 19.7. The van der Waals surface area contributed by atoms with E-state index in [4.69, 9.17) is 5.73 Å². The molecule has 110 valence electrons. The maximum Gasteiger partial charge on any atom is 0.219 e. The Morgan fingerprint density at radius 2 is 1.81 bits per heavy atom. The van der Waals surface area contributed by atoms with Crippen LogP contribution in [0.4, 0.5) is 11.6 Å². The Morgan fingerprint density at radius 1 is 1.14 bits per heavy atom. The summed E-state index contributed by atoms with van der Waals surface area (Å²) in [6.45, 7) is 3.22. The SMILES string of the molecule is CCNc1cc(NCCC(N)=O)nc(-c2ccccc2)n1. The number of amides is 1. The lowest BCUT2D eigenvalue weighted by molar-refractivity contribution is -0.117. The predicted molar refractivity (Wildman–Crippen MR) is 83.9 cm³/mol. The van der Waals surface area contributed by atoms with Crippen molar-refractivity contribution in [2.24, 2.45) is 5.73 Å². The summed E-state index contributed by atoms with van der Waals surface area (Å²) < 4.78 is 0. The third kappa shape index (κ3) is 4.45. The van der Waals surface area contributed by atoms with Crippen molar-refractivity contribution in [3.8, 4) is 11.4 Å². The van der Waals surface area contributed by atoms with Crippen LogP contribution in [0.15, 0.2) is 36.4 Å². The summed E-state index contributed by atoms with van der Waals surface area (Å²) in [5.41, 5.74) is 6.07. The molecule has 1 aromatic heterocycles. The van der Waals surface area contributed by atoms with Crippen LogP contribution >= 0.6 is 0 Å². The Balaban J connectivity index is 2.24. The number of primary amides is 1. The standard InChI is InChI=1S/C15H19N5O/c1-2-17-13-10-14(18-9-8-12(16)21)20-15(19-13)11-6-4-3-5-7-11/h3-7,10H,2,8-9H2,1H3,(H2,16,21)(H2,17,18,19,20). The van der Waals surface area contributed by atoms with Crippen LogP contribution in [-0.2, 0) is 4.79 Å². The average Bonchev–Trinajstić information content (AvgIpc) is 2.48. The van der Waals surface area contributed by atoms with Crippen LogP contribution in [0, 0.1) is 0 Å². The molecule has 0 spiro atoms. The Morgan fingerprint density at radius 3 is 2.43 bits per heavy atom. The van der Waals surface area contributed by atoms with Gasteiger partial charge < -0.3 is 16.4 Å². The molecule has 0 saturated carbocycles. The van der Waals surface area contributed by atoms with Gasteiger partial charge in [-0.05, 0) is 6.92 Å². The average molecular weight is 285 g/mol. The van der Waals surface area contributed by atoms with Crippen LogP contribution in [0.25, 0.3) is 11.4 Å². The fraction of sp³-hybridized carbons (Fsp3) is 0.267. The quantitative estimate of drug-likeness (QED) is 0.722. The largest absolute Gasteiger partial charge is 0.370 e. The number of nitrogens with zero attached hydrogens (tertiary/aromatic N) is 2. The molecule has 6 heteroatoms. The van der Waals surface area contributed by atoms with E-state index in [0.717, 1.165) is 17.9 Å². The maximum atomic E-state index is 10.8. The van der Waals surface area contributed by atoms with E-state index < -0.39 is 0 Å². The van der Waals surface area contributed by atoms with Crippen LogP contribution < -0.4 is 16.4 Å². The fourth-order valence-electron chi connectivity index (χ4n) is 1.84.